The zero-order chi connectivity index (χ0) is 6.41. The van der Waals surface area contributed by atoms with Crippen LogP contribution in [0.3, 0.4) is 0 Å². The third kappa shape index (κ3) is 2.91. The van der Waals surface area contributed by atoms with Crippen molar-refractivity contribution in [2.75, 3.05) is 6.54 Å². The van der Waals surface area contributed by atoms with Crippen molar-refractivity contribution in [3.8, 4) is 6.07 Å². The first-order chi connectivity index (χ1) is 3.81. The molecule has 3 heteroatoms. The molecule has 8 heavy (non-hydrogen) atoms. The highest BCUT2D eigenvalue weighted by molar-refractivity contribution is 5.86. The molecule has 0 spiro atoms. The molecule has 0 aromatic heterocycles. The second-order valence-electron chi connectivity index (χ2n) is 1.08. The number of carbonyl (C=O) groups excluding carboxylic acids is 1. The van der Waals surface area contributed by atoms with Gasteiger partial charge >= 0.3 is 0 Å². The van der Waals surface area contributed by atoms with E-state index >= 15 is 0 Å². The van der Waals surface area contributed by atoms with Crippen molar-refractivity contribution in [1.82, 2.24) is 5.32 Å². The van der Waals surface area contributed by atoms with Crippen LogP contribution in [0, 0.1) is 11.3 Å². The second-order valence-corrected chi connectivity index (χ2v) is 1.08. The molecule has 0 unspecified atom stereocenters. The summed E-state index contributed by atoms with van der Waals surface area (Å²) in [5.41, 5.74) is 0. The van der Waals surface area contributed by atoms with Gasteiger partial charge in [0.25, 0.3) is 0 Å². The summed E-state index contributed by atoms with van der Waals surface area (Å²) in [7, 11) is 0. The maximum Gasteiger partial charge on any atom is 0.244 e. The standard InChI is InChI=1S/C5H6N2O/c1-2-5(8)7-4-3-6/h2H,1,4H2,(H,7,8). The van der Waals surface area contributed by atoms with Gasteiger partial charge < -0.3 is 5.32 Å². The largest absolute Gasteiger partial charge is 0.339 e. The first kappa shape index (κ1) is 6.70. The number of carbonyl (C=O) groups is 1. The summed E-state index contributed by atoms with van der Waals surface area (Å²) < 4.78 is 0. The molecule has 0 bridgehead atoms. The van der Waals surface area contributed by atoms with Gasteiger partial charge in [0.05, 0.1) is 6.07 Å². The van der Waals surface area contributed by atoms with E-state index in [4.69, 9.17) is 5.26 Å². The predicted octanol–water partition coefficient (Wildman–Crippen LogP) is -0.188. The molecular weight excluding hydrogens is 104 g/mol. The van der Waals surface area contributed by atoms with Gasteiger partial charge in [-0.2, -0.15) is 5.26 Å². The minimum Gasteiger partial charge on any atom is -0.339 e. The zero-order valence-electron chi connectivity index (χ0n) is 4.35. The van der Waals surface area contributed by atoms with E-state index in [0.29, 0.717) is 0 Å². The van der Waals surface area contributed by atoms with Crippen molar-refractivity contribution >= 4 is 5.91 Å². The summed E-state index contributed by atoms with van der Waals surface area (Å²) in [6.45, 7) is 3.24. The second kappa shape index (κ2) is 3.88. The normalized spacial score (nSPS) is 6.88. The Morgan fingerprint density at radius 1 is 2.00 bits per heavy atom. The smallest absolute Gasteiger partial charge is 0.244 e. The summed E-state index contributed by atoms with van der Waals surface area (Å²) in [4.78, 5) is 10.2. The highest BCUT2D eigenvalue weighted by Crippen LogP contribution is 1.62. The van der Waals surface area contributed by atoms with Crippen LogP contribution in [0.2, 0.25) is 0 Å². The molecule has 0 aromatic rings. The number of nitrogens with one attached hydrogen (secondary N) is 1. The SMILES string of the molecule is C=CC(=O)NCC#N. The van der Waals surface area contributed by atoms with E-state index in [2.05, 4.69) is 11.9 Å². The van der Waals surface area contributed by atoms with E-state index < -0.39 is 0 Å². The van der Waals surface area contributed by atoms with Crippen molar-refractivity contribution in [3.63, 3.8) is 0 Å². The van der Waals surface area contributed by atoms with E-state index in [-0.39, 0.29) is 12.5 Å². The van der Waals surface area contributed by atoms with Crippen LogP contribution in [0.25, 0.3) is 0 Å². The van der Waals surface area contributed by atoms with Gasteiger partial charge in [-0.3, -0.25) is 4.79 Å². The minimum atomic E-state index is -0.313. The molecule has 0 saturated heterocycles. The summed E-state index contributed by atoms with van der Waals surface area (Å²) in [5.74, 6) is -0.313. The van der Waals surface area contributed by atoms with E-state index in [0.717, 1.165) is 6.08 Å². The Morgan fingerprint density at radius 3 is 3.00 bits per heavy atom. The van der Waals surface area contributed by atoms with Crippen LogP contribution < -0.4 is 5.32 Å². The predicted molar refractivity (Wildman–Crippen MR) is 28.8 cm³/mol. The molecule has 1 N–H and O–H groups in total. The van der Waals surface area contributed by atoms with Crippen LogP contribution in [0.1, 0.15) is 0 Å². The topological polar surface area (TPSA) is 52.9 Å². The summed E-state index contributed by atoms with van der Waals surface area (Å²) in [5, 5.41) is 10.2. The monoisotopic (exact) mass is 110 g/mol. The Hall–Kier alpha value is -1.30. The number of nitrogens with zero attached hydrogens (tertiary/aromatic N) is 1. The van der Waals surface area contributed by atoms with Gasteiger partial charge in [0.2, 0.25) is 5.91 Å². The van der Waals surface area contributed by atoms with Gasteiger partial charge in [0.1, 0.15) is 6.54 Å². The number of amides is 1. The summed E-state index contributed by atoms with van der Waals surface area (Å²) in [6, 6.07) is 1.75. The van der Waals surface area contributed by atoms with Crippen molar-refractivity contribution in [3.05, 3.63) is 12.7 Å². The Kier molecular flexibility index (Phi) is 3.25. The maximum atomic E-state index is 10.2. The van der Waals surface area contributed by atoms with Crippen LogP contribution in [0.4, 0.5) is 0 Å². The number of hydrogen-bond donors (Lipinski definition) is 1. The molecule has 42 valence electrons. The van der Waals surface area contributed by atoms with Gasteiger partial charge in [-0.1, -0.05) is 6.58 Å². The molecule has 0 radical (unpaired) electrons. The van der Waals surface area contributed by atoms with Crippen LogP contribution in [-0.2, 0) is 4.79 Å². The highest BCUT2D eigenvalue weighted by atomic mass is 16.1. The van der Waals surface area contributed by atoms with Gasteiger partial charge in [-0.05, 0) is 6.08 Å². The number of nitriles is 1. The molecule has 1 amide bonds. The first-order valence-corrected chi connectivity index (χ1v) is 2.08. The highest BCUT2D eigenvalue weighted by Gasteiger charge is 1.86. The van der Waals surface area contributed by atoms with Gasteiger partial charge in [0.15, 0.2) is 0 Å². The van der Waals surface area contributed by atoms with Gasteiger partial charge in [0, 0.05) is 0 Å². The van der Waals surface area contributed by atoms with Crippen LogP contribution >= 0.6 is 0 Å². The summed E-state index contributed by atoms with van der Waals surface area (Å²) >= 11 is 0. The molecular formula is C5H6N2O. The Bertz CT molecular complexity index is 134. The summed E-state index contributed by atoms with van der Waals surface area (Å²) in [6.07, 6.45) is 1.12. The first-order valence-electron chi connectivity index (χ1n) is 2.08. The van der Waals surface area contributed by atoms with Crippen molar-refractivity contribution in [1.29, 1.82) is 5.26 Å². The van der Waals surface area contributed by atoms with Crippen LogP contribution in [0.5, 0.6) is 0 Å². The van der Waals surface area contributed by atoms with E-state index in [1.165, 1.54) is 0 Å². The molecule has 3 nitrogen and oxygen atoms in total. The van der Waals surface area contributed by atoms with E-state index in [1.54, 1.807) is 6.07 Å². The van der Waals surface area contributed by atoms with Gasteiger partial charge in [-0.25, -0.2) is 0 Å². The third-order valence-electron chi connectivity index (χ3n) is 0.527. The molecule has 0 fully saturated rings. The molecule has 0 aliphatic carbocycles. The molecule has 0 aliphatic rings. The lowest BCUT2D eigenvalue weighted by molar-refractivity contribution is -0.116. The molecule has 0 aromatic carbocycles. The van der Waals surface area contributed by atoms with Crippen molar-refractivity contribution < 1.29 is 4.79 Å². The number of rotatable bonds is 2. The fraction of sp³-hybridized carbons (Fsp3) is 0.200. The average molecular weight is 110 g/mol. The van der Waals surface area contributed by atoms with E-state index in [1.807, 2.05) is 0 Å². The van der Waals surface area contributed by atoms with Crippen molar-refractivity contribution in [2.45, 2.75) is 0 Å². The Morgan fingerprint density at radius 2 is 2.62 bits per heavy atom. The molecule has 0 heterocycles. The van der Waals surface area contributed by atoms with Gasteiger partial charge in [-0.15, -0.1) is 0 Å². The van der Waals surface area contributed by atoms with Crippen molar-refractivity contribution in [2.24, 2.45) is 0 Å². The van der Waals surface area contributed by atoms with E-state index in [9.17, 15) is 4.79 Å². The average Bonchev–Trinajstić information content (AvgIpc) is 1.83. The minimum absolute atomic E-state index is 0.0465. The Labute approximate surface area is 47.6 Å². The molecule has 0 rings (SSSR count). The quantitative estimate of drug-likeness (QED) is 0.395. The number of hydrogen-bond acceptors (Lipinski definition) is 2. The molecule has 0 atom stereocenters. The molecule has 0 aliphatic heterocycles. The maximum absolute atomic E-state index is 10.2. The third-order valence-corrected chi connectivity index (χ3v) is 0.527. The van der Waals surface area contributed by atoms with Crippen LogP contribution in [-0.4, -0.2) is 12.5 Å². The van der Waals surface area contributed by atoms with Crippen LogP contribution in [0.15, 0.2) is 12.7 Å². The zero-order valence-corrected chi connectivity index (χ0v) is 4.35. The lowest BCUT2D eigenvalue weighted by atomic mass is 10.5. The lowest BCUT2D eigenvalue weighted by Gasteiger charge is -1.88. The fourth-order valence-corrected chi connectivity index (χ4v) is 0.199. The lowest BCUT2D eigenvalue weighted by Crippen LogP contribution is -2.20. The molecule has 0 saturated carbocycles. The Balaban J connectivity index is 3.28. The fourth-order valence-electron chi connectivity index (χ4n) is 0.199.